The van der Waals surface area contributed by atoms with Crippen LogP contribution in [-0.4, -0.2) is 23.5 Å². The summed E-state index contributed by atoms with van der Waals surface area (Å²) in [6.45, 7) is -0.204. The van der Waals surface area contributed by atoms with E-state index < -0.39 is 11.8 Å². The van der Waals surface area contributed by atoms with Crippen LogP contribution in [-0.2, 0) is 4.79 Å². The van der Waals surface area contributed by atoms with Crippen LogP contribution in [0.4, 0.5) is 0 Å². The third-order valence-corrected chi connectivity index (χ3v) is 3.31. The summed E-state index contributed by atoms with van der Waals surface area (Å²) in [4.78, 5) is 23.6. The van der Waals surface area contributed by atoms with E-state index in [0.29, 0.717) is 10.8 Å². The molecule has 0 unspecified atom stereocenters. The first-order chi connectivity index (χ1) is 11.6. The highest BCUT2D eigenvalue weighted by Gasteiger charge is 2.10. The average Bonchev–Trinajstić information content (AvgIpc) is 2.59. The van der Waals surface area contributed by atoms with Gasteiger partial charge in [-0.15, -0.1) is 0 Å². The van der Waals surface area contributed by atoms with Crippen molar-refractivity contribution in [1.82, 2.24) is 16.2 Å². The highest BCUT2D eigenvalue weighted by atomic mass is 35.5. The number of carbonyl (C=O) groups excluding carboxylic acids is 2. The van der Waals surface area contributed by atoms with Gasteiger partial charge in [-0.05, 0) is 36.5 Å². The average molecular weight is 364 g/mol. The van der Waals surface area contributed by atoms with Gasteiger partial charge in [0.25, 0.3) is 11.8 Å². The van der Waals surface area contributed by atoms with Gasteiger partial charge >= 0.3 is 0 Å². The van der Waals surface area contributed by atoms with Crippen molar-refractivity contribution in [3.63, 3.8) is 0 Å². The van der Waals surface area contributed by atoms with E-state index in [9.17, 15) is 9.59 Å². The molecule has 2 rings (SSSR count). The Morgan fingerprint density at radius 2 is 1.67 bits per heavy atom. The summed E-state index contributed by atoms with van der Waals surface area (Å²) >= 11 is 10.8. The molecule has 6 nitrogen and oxygen atoms in total. The molecule has 0 saturated carbocycles. The van der Waals surface area contributed by atoms with E-state index in [0.717, 1.165) is 0 Å². The van der Waals surface area contributed by atoms with Crippen LogP contribution >= 0.6 is 23.8 Å². The lowest BCUT2D eigenvalue weighted by Crippen LogP contribution is -2.49. The highest BCUT2D eigenvalue weighted by molar-refractivity contribution is 7.80. The SMILES string of the molecule is O=C(COc1ccccc1)NC(=S)NNC(=O)c1ccccc1Cl. The third-order valence-electron chi connectivity index (χ3n) is 2.77. The second-order valence-electron chi connectivity index (χ2n) is 4.54. The summed E-state index contributed by atoms with van der Waals surface area (Å²) < 4.78 is 5.28. The maximum Gasteiger partial charge on any atom is 0.271 e. The Morgan fingerprint density at radius 1 is 1.00 bits per heavy atom. The van der Waals surface area contributed by atoms with Crippen molar-refractivity contribution < 1.29 is 14.3 Å². The summed E-state index contributed by atoms with van der Waals surface area (Å²) in [5.41, 5.74) is 5.06. The predicted octanol–water partition coefficient (Wildman–Crippen LogP) is 2.05. The maximum absolute atomic E-state index is 11.9. The molecule has 0 aliphatic heterocycles. The fourth-order valence-electron chi connectivity index (χ4n) is 1.69. The van der Waals surface area contributed by atoms with Crippen molar-refractivity contribution in [2.45, 2.75) is 0 Å². The molecule has 0 aromatic heterocycles. The molecule has 8 heteroatoms. The molecule has 124 valence electrons. The molecule has 0 atom stereocenters. The monoisotopic (exact) mass is 363 g/mol. The van der Waals surface area contributed by atoms with Crippen LogP contribution < -0.4 is 20.9 Å². The first-order valence-electron chi connectivity index (χ1n) is 6.89. The number of nitrogens with one attached hydrogen (secondary N) is 3. The van der Waals surface area contributed by atoms with Crippen LogP contribution in [0.3, 0.4) is 0 Å². The van der Waals surface area contributed by atoms with Crippen molar-refractivity contribution in [2.75, 3.05) is 6.61 Å². The molecule has 0 spiro atoms. The smallest absolute Gasteiger partial charge is 0.271 e. The van der Waals surface area contributed by atoms with Crippen LogP contribution in [0.15, 0.2) is 54.6 Å². The van der Waals surface area contributed by atoms with Crippen molar-refractivity contribution >= 4 is 40.7 Å². The van der Waals surface area contributed by atoms with E-state index in [2.05, 4.69) is 16.2 Å². The number of hydrazine groups is 1. The largest absolute Gasteiger partial charge is 0.484 e. The van der Waals surface area contributed by atoms with Crippen molar-refractivity contribution in [1.29, 1.82) is 0 Å². The molecular weight excluding hydrogens is 350 g/mol. The lowest BCUT2D eigenvalue weighted by atomic mass is 10.2. The van der Waals surface area contributed by atoms with Crippen LogP contribution in [0.25, 0.3) is 0 Å². The Balaban J connectivity index is 1.74. The molecule has 0 radical (unpaired) electrons. The van der Waals surface area contributed by atoms with Gasteiger partial charge in [-0.2, -0.15) is 0 Å². The number of rotatable bonds is 4. The van der Waals surface area contributed by atoms with E-state index >= 15 is 0 Å². The van der Waals surface area contributed by atoms with E-state index in [4.69, 9.17) is 28.6 Å². The second kappa shape index (κ2) is 8.85. The Bertz CT molecular complexity index is 740. The number of amides is 2. The number of thiocarbonyl (C=S) groups is 1. The first-order valence-corrected chi connectivity index (χ1v) is 7.67. The van der Waals surface area contributed by atoms with Gasteiger partial charge < -0.3 is 4.74 Å². The Hall–Kier alpha value is -2.64. The lowest BCUT2D eigenvalue weighted by Gasteiger charge is -2.11. The minimum absolute atomic E-state index is 0.0583. The normalized spacial score (nSPS) is 9.71. The molecule has 2 aromatic carbocycles. The Morgan fingerprint density at radius 3 is 2.38 bits per heavy atom. The fraction of sp³-hybridized carbons (Fsp3) is 0.0625. The first kappa shape index (κ1) is 17.7. The van der Waals surface area contributed by atoms with Crippen molar-refractivity contribution in [2.24, 2.45) is 0 Å². The molecule has 2 amide bonds. The third kappa shape index (κ3) is 5.53. The molecule has 2 aromatic rings. The highest BCUT2D eigenvalue weighted by Crippen LogP contribution is 2.14. The van der Waals surface area contributed by atoms with Gasteiger partial charge in [-0.1, -0.05) is 41.9 Å². The minimum Gasteiger partial charge on any atom is -0.484 e. The summed E-state index contributed by atoms with van der Waals surface area (Å²) in [5.74, 6) is -0.361. The number of hydrogen-bond donors (Lipinski definition) is 3. The molecule has 3 N–H and O–H groups in total. The van der Waals surface area contributed by atoms with Crippen LogP contribution in [0, 0.1) is 0 Å². The van der Waals surface area contributed by atoms with Crippen molar-refractivity contribution in [3.8, 4) is 5.75 Å². The fourth-order valence-corrected chi connectivity index (χ4v) is 2.07. The quantitative estimate of drug-likeness (QED) is 0.572. The second-order valence-corrected chi connectivity index (χ2v) is 5.35. The van der Waals surface area contributed by atoms with Gasteiger partial charge in [0.2, 0.25) is 0 Å². The molecular formula is C16H14ClN3O3S. The molecule has 0 fully saturated rings. The lowest BCUT2D eigenvalue weighted by molar-refractivity contribution is -0.121. The van der Waals surface area contributed by atoms with Gasteiger partial charge in [-0.25, -0.2) is 0 Å². The van der Waals surface area contributed by atoms with Crippen molar-refractivity contribution in [3.05, 3.63) is 65.2 Å². The zero-order valence-corrected chi connectivity index (χ0v) is 14.0. The molecule has 0 heterocycles. The summed E-state index contributed by atoms with van der Waals surface area (Å²) in [5, 5.41) is 2.63. The minimum atomic E-state index is -0.474. The van der Waals surface area contributed by atoms with E-state index in [1.165, 1.54) is 0 Å². The Kier molecular flexibility index (Phi) is 6.53. The van der Waals surface area contributed by atoms with Gasteiger partial charge in [0.1, 0.15) is 5.75 Å². The van der Waals surface area contributed by atoms with E-state index in [1.54, 1.807) is 48.5 Å². The maximum atomic E-state index is 11.9. The summed E-state index contributed by atoms with van der Waals surface area (Å²) in [6.07, 6.45) is 0. The molecule has 0 bridgehead atoms. The standard InChI is InChI=1S/C16H14ClN3O3S/c17-13-9-5-4-8-12(13)15(22)19-20-16(24)18-14(21)10-23-11-6-2-1-3-7-11/h1-9H,10H2,(H,19,22)(H2,18,20,21,24). The zero-order valence-electron chi connectivity index (χ0n) is 12.4. The van der Waals surface area contributed by atoms with Gasteiger partial charge in [0, 0.05) is 0 Å². The molecule has 24 heavy (non-hydrogen) atoms. The Labute approximate surface area is 149 Å². The van der Waals surface area contributed by atoms with Crippen LogP contribution in [0.1, 0.15) is 10.4 Å². The van der Waals surface area contributed by atoms with Gasteiger partial charge in [0.05, 0.1) is 10.6 Å². The van der Waals surface area contributed by atoms with Crippen LogP contribution in [0.2, 0.25) is 5.02 Å². The van der Waals surface area contributed by atoms with Gasteiger partial charge in [-0.3, -0.25) is 25.8 Å². The van der Waals surface area contributed by atoms with E-state index in [1.807, 2.05) is 6.07 Å². The number of hydrogen-bond acceptors (Lipinski definition) is 4. The molecule has 0 aliphatic carbocycles. The summed E-state index contributed by atoms with van der Waals surface area (Å²) in [7, 11) is 0. The zero-order chi connectivity index (χ0) is 17.4. The topological polar surface area (TPSA) is 79.5 Å². The number of para-hydroxylation sites is 1. The number of halogens is 1. The van der Waals surface area contributed by atoms with E-state index in [-0.39, 0.29) is 17.3 Å². The molecule has 0 aliphatic rings. The molecule has 0 saturated heterocycles. The summed E-state index contributed by atoms with van der Waals surface area (Å²) in [6, 6.07) is 15.4. The van der Waals surface area contributed by atoms with Crippen LogP contribution in [0.5, 0.6) is 5.75 Å². The number of benzene rings is 2. The number of ether oxygens (including phenoxy) is 1. The van der Waals surface area contributed by atoms with Gasteiger partial charge in [0.15, 0.2) is 11.7 Å². The predicted molar refractivity (Wildman–Crippen MR) is 94.7 cm³/mol. The number of carbonyl (C=O) groups is 2.